The van der Waals surface area contributed by atoms with Crippen LogP contribution in [0.4, 0.5) is 11.5 Å². The van der Waals surface area contributed by atoms with E-state index in [1.54, 1.807) is 24.3 Å². The van der Waals surface area contributed by atoms with Crippen LogP contribution < -0.4 is 15.5 Å². The topological polar surface area (TPSA) is 101 Å². The number of pyridine rings is 1. The summed E-state index contributed by atoms with van der Waals surface area (Å²) in [5.41, 5.74) is 2.30. The normalized spacial score (nSPS) is 13.1. The molecule has 0 unspecified atom stereocenters. The van der Waals surface area contributed by atoms with Gasteiger partial charge in [0.05, 0.1) is 18.2 Å². The average Bonchev–Trinajstić information content (AvgIpc) is 3.36. The molecule has 1 fully saturated rings. The number of anilines is 2. The first-order valence-corrected chi connectivity index (χ1v) is 10.5. The van der Waals surface area contributed by atoms with Crippen LogP contribution in [0, 0.1) is 0 Å². The van der Waals surface area contributed by atoms with Crippen molar-refractivity contribution in [2.24, 2.45) is 0 Å². The highest BCUT2D eigenvalue weighted by Crippen LogP contribution is 2.27. The van der Waals surface area contributed by atoms with E-state index in [1.807, 2.05) is 30.3 Å². The molecule has 4 rings (SSSR count). The monoisotopic (exact) mass is 432 g/mol. The fourth-order valence-electron chi connectivity index (χ4n) is 3.67. The van der Waals surface area contributed by atoms with Gasteiger partial charge < -0.3 is 20.3 Å². The number of carbonyl (C=O) groups excluding carboxylic acids is 3. The van der Waals surface area contributed by atoms with Crippen molar-refractivity contribution in [2.45, 2.75) is 12.8 Å². The molecule has 1 aliphatic rings. The largest absolute Gasteiger partial charge is 0.468 e. The van der Waals surface area contributed by atoms with Gasteiger partial charge in [-0.15, -0.1) is 0 Å². The molecule has 0 aliphatic carbocycles. The molecule has 32 heavy (non-hydrogen) atoms. The van der Waals surface area contributed by atoms with Crippen LogP contribution in [0.25, 0.3) is 10.9 Å². The highest BCUT2D eigenvalue weighted by molar-refractivity contribution is 6.09. The predicted molar refractivity (Wildman–Crippen MR) is 122 cm³/mol. The van der Waals surface area contributed by atoms with E-state index < -0.39 is 11.9 Å². The fourth-order valence-corrected chi connectivity index (χ4v) is 3.67. The summed E-state index contributed by atoms with van der Waals surface area (Å²) >= 11 is 0. The van der Waals surface area contributed by atoms with E-state index in [0.29, 0.717) is 22.6 Å². The standard InChI is InChI=1S/C24H24N4O4/c1-32-21(29)15-25-23(30)16-8-10-18(11-9-16)26-24(31)19-14-17-6-2-3-7-20(17)27-22(19)28-12-4-5-13-28/h2-3,6-11,14H,4-5,12-13,15H2,1H3,(H,25,30)(H,26,31). The minimum absolute atomic E-state index is 0.206. The van der Waals surface area contributed by atoms with Crippen molar-refractivity contribution in [3.63, 3.8) is 0 Å². The highest BCUT2D eigenvalue weighted by Gasteiger charge is 2.22. The van der Waals surface area contributed by atoms with Crippen LogP contribution in [-0.4, -0.2) is 49.5 Å². The Hall–Kier alpha value is -3.94. The van der Waals surface area contributed by atoms with Crippen LogP contribution in [0.1, 0.15) is 33.6 Å². The molecule has 1 saturated heterocycles. The quantitative estimate of drug-likeness (QED) is 0.581. The minimum atomic E-state index is -0.528. The summed E-state index contributed by atoms with van der Waals surface area (Å²) in [5, 5.41) is 6.28. The number of para-hydroxylation sites is 1. The van der Waals surface area contributed by atoms with E-state index in [0.717, 1.165) is 36.8 Å². The Morgan fingerprint density at radius 3 is 2.44 bits per heavy atom. The van der Waals surface area contributed by atoms with Gasteiger partial charge >= 0.3 is 5.97 Å². The van der Waals surface area contributed by atoms with E-state index in [2.05, 4.69) is 20.3 Å². The molecule has 3 aromatic rings. The van der Waals surface area contributed by atoms with Gasteiger partial charge in [0.15, 0.2) is 0 Å². The number of nitrogens with one attached hydrogen (secondary N) is 2. The Balaban J connectivity index is 1.53. The highest BCUT2D eigenvalue weighted by atomic mass is 16.5. The number of esters is 1. The second kappa shape index (κ2) is 9.47. The van der Waals surface area contributed by atoms with Crippen molar-refractivity contribution in [1.82, 2.24) is 10.3 Å². The van der Waals surface area contributed by atoms with Crippen molar-refractivity contribution >= 4 is 40.2 Å². The van der Waals surface area contributed by atoms with Crippen LogP contribution in [0.3, 0.4) is 0 Å². The van der Waals surface area contributed by atoms with E-state index >= 15 is 0 Å². The SMILES string of the molecule is COC(=O)CNC(=O)c1ccc(NC(=O)c2cc3ccccc3nc2N2CCCC2)cc1. The number of benzene rings is 2. The maximum absolute atomic E-state index is 13.2. The van der Waals surface area contributed by atoms with Gasteiger partial charge in [-0.05, 0) is 49.2 Å². The third kappa shape index (κ3) is 4.69. The van der Waals surface area contributed by atoms with Crippen molar-refractivity contribution < 1.29 is 19.1 Å². The van der Waals surface area contributed by atoms with Crippen molar-refractivity contribution in [1.29, 1.82) is 0 Å². The summed E-state index contributed by atoms with van der Waals surface area (Å²) in [5.74, 6) is -0.492. The summed E-state index contributed by atoms with van der Waals surface area (Å²) in [6, 6.07) is 16.1. The second-order valence-corrected chi connectivity index (χ2v) is 7.54. The zero-order valence-electron chi connectivity index (χ0n) is 17.8. The molecule has 0 saturated carbocycles. The first-order valence-electron chi connectivity index (χ1n) is 10.5. The van der Waals surface area contributed by atoms with Crippen molar-refractivity contribution in [2.75, 3.05) is 37.0 Å². The molecule has 2 amide bonds. The molecule has 2 aromatic carbocycles. The van der Waals surface area contributed by atoms with E-state index in [-0.39, 0.29) is 12.5 Å². The van der Waals surface area contributed by atoms with Gasteiger partial charge in [0.1, 0.15) is 12.4 Å². The number of amides is 2. The lowest BCUT2D eigenvalue weighted by atomic mass is 10.1. The zero-order valence-corrected chi connectivity index (χ0v) is 17.8. The van der Waals surface area contributed by atoms with E-state index in [1.165, 1.54) is 7.11 Å². The molecular formula is C24H24N4O4. The molecule has 8 nitrogen and oxygen atoms in total. The Morgan fingerprint density at radius 1 is 1.00 bits per heavy atom. The van der Waals surface area contributed by atoms with Gasteiger partial charge in [-0.2, -0.15) is 0 Å². The minimum Gasteiger partial charge on any atom is -0.468 e. The molecule has 2 heterocycles. The molecule has 2 N–H and O–H groups in total. The van der Waals surface area contributed by atoms with Crippen LogP contribution >= 0.6 is 0 Å². The van der Waals surface area contributed by atoms with Gasteiger partial charge in [0.2, 0.25) is 0 Å². The summed E-state index contributed by atoms with van der Waals surface area (Å²) in [4.78, 5) is 43.4. The number of hydrogen-bond donors (Lipinski definition) is 2. The molecule has 0 spiro atoms. The van der Waals surface area contributed by atoms with Crippen LogP contribution in [0.15, 0.2) is 54.6 Å². The van der Waals surface area contributed by atoms with Crippen LogP contribution in [-0.2, 0) is 9.53 Å². The maximum Gasteiger partial charge on any atom is 0.325 e. The van der Waals surface area contributed by atoms with Crippen LogP contribution in [0.2, 0.25) is 0 Å². The third-order valence-electron chi connectivity index (χ3n) is 5.38. The number of methoxy groups -OCH3 is 1. The number of fused-ring (bicyclic) bond motifs is 1. The first kappa shape index (κ1) is 21.3. The van der Waals surface area contributed by atoms with Gasteiger partial charge in [-0.3, -0.25) is 14.4 Å². The van der Waals surface area contributed by atoms with Crippen LogP contribution in [0.5, 0.6) is 0 Å². The number of carbonyl (C=O) groups is 3. The summed E-state index contributed by atoms with van der Waals surface area (Å²) < 4.78 is 4.50. The lowest BCUT2D eigenvalue weighted by Gasteiger charge is -2.20. The van der Waals surface area contributed by atoms with Gasteiger partial charge in [0, 0.05) is 29.7 Å². The Labute approximate surface area is 185 Å². The molecule has 8 heteroatoms. The van der Waals surface area contributed by atoms with Crippen molar-refractivity contribution in [3.8, 4) is 0 Å². The number of ether oxygens (including phenoxy) is 1. The average molecular weight is 432 g/mol. The number of aromatic nitrogens is 1. The Morgan fingerprint density at radius 2 is 1.72 bits per heavy atom. The molecule has 164 valence electrons. The fraction of sp³-hybridized carbons (Fsp3) is 0.250. The molecule has 0 bridgehead atoms. The van der Waals surface area contributed by atoms with E-state index in [4.69, 9.17) is 4.98 Å². The Kier molecular flexibility index (Phi) is 6.30. The summed E-state index contributed by atoms with van der Waals surface area (Å²) in [6.45, 7) is 1.55. The van der Waals surface area contributed by atoms with Gasteiger partial charge in [0.25, 0.3) is 11.8 Å². The third-order valence-corrected chi connectivity index (χ3v) is 5.38. The van der Waals surface area contributed by atoms with Gasteiger partial charge in [-0.25, -0.2) is 4.98 Å². The predicted octanol–water partition coefficient (Wildman–Crippen LogP) is 2.99. The zero-order chi connectivity index (χ0) is 22.5. The van der Waals surface area contributed by atoms with Gasteiger partial charge in [-0.1, -0.05) is 18.2 Å². The second-order valence-electron chi connectivity index (χ2n) is 7.54. The molecule has 1 aliphatic heterocycles. The summed E-state index contributed by atoms with van der Waals surface area (Å²) in [7, 11) is 1.26. The molecule has 1 aromatic heterocycles. The van der Waals surface area contributed by atoms with E-state index in [9.17, 15) is 14.4 Å². The first-order chi connectivity index (χ1) is 15.5. The lowest BCUT2D eigenvalue weighted by molar-refractivity contribution is -0.139. The number of hydrogen-bond acceptors (Lipinski definition) is 6. The maximum atomic E-state index is 13.2. The van der Waals surface area contributed by atoms with Crippen molar-refractivity contribution in [3.05, 3.63) is 65.7 Å². The number of rotatable bonds is 6. The Bertz CT molecular complexity index is 1150. The molecular weight excluding hydrogens is 408 g/mol. The smallest absolute Gasteiger partial charge is 0.325 e. The molecule has 0 radical (unpaired) electrons. The lowest BCUT2D eigenvalue weighted by Crippen LogP contribution is -2.30. The summed E-state index contributed by atoms with van der Waals surface area (Å²) in [6.07, 6.45) is 2.16. The number of nitrogens with zero attached hydrogens (tertiary/aromatic N) is 2. The molecule has 0 atom stereocenters.